The summed E-state index contributed by atoms with van der Waals surface area (Å²) in [5.41, 5.74) is 0. The predicted molar refractivity (Wildman–Crippen MR) is 55.4 cm³/mol. The standard InChI is InChI=1S/C6H13.C4H9.Mg/c1-5(2)6(3)4;1-3-4-2;/h5H,1-4H3;1,3-4H2,2H3;/q2*-1;+2. The average molecular weight is 167 g/mol. The second kappa shape index (κ2) is 13.4. The molecule has 1 heteroatoms. The summed E-state index contributed by atoms with van der Waals surface area (Å²) < 4.78 is 0. The van der Waals surface area contributed by atoms with Crippen LogP contribution in [0, 0.1) is 18.8 Å². The van der Waals surface area contributed by atoms with Crippen molar-refractivity contribution < 1.29 is 0 Å². The van der Waals surface area contributed by atoms with Crippen LogP contribution in [0.3, 0.4) is 0 Å². The Bertz CT molecular complexity index is 40.8. The molecule has 0 aromatic carbocycles. The van der Waals surface area contributed by atoms with E-state index in [4.69, 9.17) is 0 Å². The first-order valence-electron chi connectivity index (χ1n) is 4.15. The average Bonchev–Trinajstić information content (AvgIpc) is 1.89. The van der Waals surface area contributed by atoms with Crippen molar-refractivity contribution in [2.45, 2.75) is 47.5 Å². The fourth-order valence-corrected chi connectivity index (χ4v) is 0. The van der Waals surface area contributed by atoms with Gasteiger partial charge in [0.2, 0.25) is 0 Å². The van der Waals surface area contributed by atoms with Crippen molar-refractivity contribution in [3.05, 3.63) is 12.8 Å². The molecule has 0 nitrogen and oxygen atoms in total. The third kappa shape index (κ3) is 24.9. The van der Waals surface area contributed by atoms with Crippen molar-refractivity contribution in [1.82, 2.24) is 0 Å². The van der Waals surface area contributed by atoms with Gasteiger partial charge in [-0.15, -0.1) is 0 Å². The van der Waals surface area contributed by atoms with E-state index in [1.54, 1.807) is 0 Å². The Kier molecular flexibility index (Phi) is 21.6. The van der Waals surface area contributed by atoms with Gasteiger partial charge in [0.15, 0.2) is 0 Å². The smallest absolute Gasteiger partial charge is 0.343 e. The molecule has 0 heterocycles. The molecule has 0 saturated carbocycles. The van der Waals surface area contributed by atoms with Crippen LogP contribution in [0.1, 0.15) is 47.5 Å². The minimum Gasteiger partial charge on any atom is -0.343 e. The van der Waals surface area contributed by atoms with Gasteiger partial charge in [0.05, 0.1) is 0 Å². The Balaban J connectivity index is -0.000000114. The molecule has 0 aliphatic carbocycles. The van der Waals surface area contributed by atoms with Crippen LogP contribution >= 0.6 is 0 Å². The molecule has 0 radical (unpaired) electrons. The van der Waals surface area contributed by atoms with Crippen LogP contribution < -0.4 is 0 Å². The molecule has 0 unspecified atom stereocenters. The summed E-state index contributed by atoms with van der Waals surface area (Å²) in [6.07, 6.45) is 2.28. The molecule has 0 fully saturated rings. The first-order valence-corrected chi connectivity index (χ1v) is 4.15. The molecule has 0 atom stereocenters. The Morgan fingerprint density at radius 3 is 1.45 bits per heavy atom. The Hall–Kier alpha value is 0.766. The molecule has 11 heavy (non-hydrogen) atoms. The number of hydrogen-bond acceptors (Lipinski definition) is 0. The van der Waals surface area contributed by atoms with Gasteiger partial charge in [0, 0.05) is 0 Å². The van der Waals surface area contributed by atoms with Crippen LogP contribution in [0.5, 0.6) is 0 Å². The fourth-order valence-electron chi connectivity index (χ4n) is 0. The molecule has 0 N–H and O–H groups in total. The molecule has 0 aromatic heterocycles. The van der Waals surface area contributed by atoms with E-state index in [9.17, 15) is 0 Å². The van der Waals surface area contributed by atoms with Crippen molar-refractivity contribution in [3.8, 4) is 0 Å². The van der Waals surface area contributed by atoms with Crippen LogP contribution in [0.15, 0.2) is 0 Å². The van der Waals surface area contributed by atoms with Gasteiger partial charge < -0.3 is 12.8 Å². The number of unbranched alkanes of at least 4 members (excludes halogenated alkanes) is 1. The predicted octanol–water partition coefficient (Wildman–Crippen LogP) is 3.50. The number of hydrogen-bond donors (Lipinski definition) is 0. The summed E-state index contributed by atoms with van der Waals surface area (Å²) in [5, 5.41) is 0. The van der Waals surface area contributed by atoms with Crippen molar-refractivity contribution in [1.29, 1.82) is 0 Å². The fraction of sp³-hybridized carbons (Fsp3) is 0.800. The van der Waals surface area contributed by atoms with Crippen molar-refractivity contribution in [3.63, 3.8) is 0 Å². The molecule has 0 rings (SSSR count). The Labute approximate surface area is 89.3 Å². The van der Waals surface area contributed by atoms with E-state index in [2.05, 4.69) is 41.5 Å². The maximum absolute atomic E-state index is 3.60. The van der Waals surface area contributed by atoms with E-state index in [0.29, 0.717) is 0 Å². The van der Waals surface area contributed by atoms with Crippen molar-refractivity contribution in [2.24, 2.45) is 5.92 Å². The first-order chi connectivity index (χ1) is 4.56. The molecule has 0 saturated heterocycles. The quantitative estimate of drug-likeness (QED) is 0.435. The van der Waals surface area contributed by atoms with Crippen LogP contribution in [-0.2, 0) is 0 Å². The molecular formula is C10H22Mg. The second-order valence-corrected chi connectivity index (χ2v) is 3.09. The summed E-state index contributed by atoms with van der Waals surface area (Å²) in [7, 11) is 0. The van der Waals surface area contributed by atoms with Gasteiger partial charge in [-0.25, -0.2) is 0 Å². The van der Waals surface area contributed by atoms with Crippen molar-refractivity contribution in [2.75, 3.05) is 0 Å². The Morgan fingerprint density at radius 2 is 1.45 bits per heavy atom. The van der Waals surface area contributed by atoms with E-state index in [1.165, 1.54) is 12.3 Å². The zero-order valence-electron chi connectivity index (χ0n) is 8.91. The normalized spacial score (nSPS) is 8.73. The van der Waals surface area contributed by atoms with Crippen LogP contribution in [0.2, 0.25) is 0 Å². The summed E-state index contributed by atoms with van der Waals surface area (Å²) in [6.45, 7) is 14.4. The summed E-state index contributed by atoms with van der Waals surface area (Å²) in [6, 6.07) is 0. The molecule has 0 aliphatic rings. The first kappa shape index (κ1) is 17.7. The molecule has 0 aliphatic heterocycles. The monoisotopic (exact) mass is 166 g/mol. The maximum Gasteiger partial charge on any atom is 2.00 e. The van der Waals surface area contributed by atoms with Gasteiger partial charge in [-0.2, -0.15) is 26.2 Å². The van der Waals surface area contributed by atoms with Crippen LogP contribution in [-0.4, -0.2) is 23.1 Å². The zero-order chi connectivity index (χ0) is 8.57. The van der Waals surface area contributed by atoms with Crippen LogP contribution in [0.25, 0.3) is 0 Å². The largest absolute Gasteiger partial charge is 2.00 e. The summed E-state index contributed by atoms with van der Waals surface area (Å²) in [5.74, 6) is 2.28. The van der Waals surface area contributed by atoms with Gasteiger partial charge >= 0.3 is 23.1 Å². The van der Waals surface area contributed by atoms with Crippen molar-refractivity contribution >= 4 is 23.1 Å². The van der Waals surface area contributed by atoms with Gasteiger partial charge in [0.25, 0.3) is 0 Å². The van der Waals surface area contributed by atoms with E-state index in [-0.39, 0.29) is 23.1 Å². The third-order valence-electron chi connectivity index (χ3n) is 1.51. The minimum atomic E-state index is 0. The van der Waals surface area contributed by atoms with E-state index in [1.807, 2.05) is 0 Å². The second-order valence-electron chi connectivity index (χ2n) is 3.09. The SMILES string of the molecule is C[C-](C)C(C)C.[CH2-]CCC.[Mg+2]. The third-order valence-corrected chi connectivity index (χ3v) is 1.51. The summed E-state index contributed by atoms with van der Waals surface area (Å²) in [4.78, 5) is 0. The van der Waals surface area contributed by atoms with E-state index < -0.39 is 0 Å². The van der Waals surface area contributed by atoms with Gasteiger partial charge in [-0.3, -0.25) is 0 Å². The van der Waals surface area contributed by atoms with Gasteiger partial charge in [0.1, 0.15) is 0 Å². The molecular weight excluding hydrogens is 144 g/mol. The van der Waals surface area contributed by atoms with Crippen LogP contribution in [0.4, 0.5) is 0 Å². The molecule has 0 aromatic rings. The Morgan fingerprint density at radius 1 is 1.27 bits per heavy atom. The molecule has 0 bridgehead atoms. The number of rotatable bonds is 2. The van der Waals surface area contributed by atoms with E-state index >= 15 is 0 Å². The van der Waals surface area contributed by atoms with Gasteiger partial charge in [-0.1, -0.05) is 27.2 Å². The van der Waals surface area contributed by atoms with E-state index in [0.717, 1.165) is 12.3 Å². The summed E-state index contributed by atoms with van der Waals surface area (Å²) >= 11 is 0. The molecule has 64 valence electrons. The molecule has 0 amide bonds. The van der Waals surface area contributed by atoms with Gasteiger partial charge in [-0.05, 0) is 0 Å². The topological polar surface area (TPSA) is 0 Å². The zero-order valence-corrected chi connectivity index (χ0v) is 10.3. The molecule has 0 spiro atoms. The minimum absolute atomic E-state index is 0. The maximum atomic E-state index is 3.60.